The highest BCUT2D eigenvalue weighted by molar-refractivity contribution is 7.10. The second-order valence-electron chi connectivity index (χ2n) is 4.03. The highest BCUT2D eigenvalue weighted by Crippen LogP contribution is 2.17. The monoisotopic (exact) mass is 249 g/mol. The van der Waals surface area contributed by atoms with Crippen molar-refractivity contribution in [2.75, 3.05) is 0 Å². The van der Waals surface area contributed by atoms with Crippen LogP contribution in [0.4, 0.5) is 0 Å². The number of aromatic nitrogens is 2. The summed E-state index contributed by atoms with van der Waals surface area (Å²) in [6, 6.07) is 2.22. The van der Waals surface area contributed by atoms with Crippen molar-refractivity contribution in [2.24, 2.45) is 0 Å². The number of aryl methyl sites for hydroxylation is 2. The van der Waals surface area contributed by atoms with Gasteiger partial charge in [-0.25, -0.2) is 0 Å². The Balaban J connectivity index is 1.83. The maximum absolute atomic E-state index is 4.26. The highest BCUT2D eigenvalue weighted by atomic mass is 32.1. The molecular weight excluding hydrogens is 230 g/mol. The lowest BCUT2D eigenvalue weighted by Crippen LogP contribution is -2.12. The standard InChI is InChI=1S/C13H19N3S/c1-3-12-5-6-17-13(12)9-14-7-11-8-15-16(4-2)10-11/h5-6,8,10,14H,3-4,7,9H2,1-2H3. The minimum Gasteiger partial charge on any atom is -0.308 e. The maximum Gasteiger partial charge on any atom is 0.0534 e. The topological polar surface area (TPSA) is 29.9 Å². The van der Waals surface area contributed by atoms with E-state index in [9.17, 15) is 0 Å². The zero-order valence-corrected chi connectivity index (χ0v) is 11.3. The number of nitrogens with zero attached hydrogens (tertiary/aromatic N) is 2. The molecule has 0 unspecified atom stereocenters. The minimum absolute atomic E-state index is 0.890. The lowest BCUT2D eigenvalue weighted by atomic mass is 10.2. The van der Waals surface area contributed by atoms with Gasteiger partial charge in [-0.2, -0.15) is 5.10 Å². The average Bonchev–Trinajstić information content (AvgIpc) is 2.97. The Labute approximate surface area is 106 Å². The maximum atomic E-state index is 4.26. The van der Waals surface area contributed by atoms with Crippen LogP contribution in [0.1, 0.15) is 29.9 Å². The van der Waals surface area contributed by atoms with Gasteiger partial charge in [0.25, 0.3) is 0 Å². The molecule has 0 saturated carbocycles. The number of nitrogens with one attached hydrogen (secondary N) is 1. The molecule has 4 heteroatoms. The quantitative estimate of drug-likeness (QED) is 0.853. The van der Waals surface area contributed by atoms with Crippen LogP contribution >= 0.6 is 11.3 Å². The molecular formula is C13H19N3S. The van der Waals surface area contributed by atoms with E-state index in [4.69, 9.17) is 0 Å². The van der Waals surface area contributed by atoms with Gasteiger partial charge in [-0.05, 0) is 30.4 Å². The van der Waals surface area contributed by atoms with E-state index in [1.807, 2.05) is 22.2 Å². The smallest absolute Gasteiger partial charge is 0.0534 e. The average molecular weight is 249 g/mol. The largest absolute Gasteiger partial charge is 0.308 e. The van der Waals surface area contributed by atoms with E-state index in [0.717, 1.165) is 26.1 Å². The van der Waals surface area contributed by atoms with Crippen molar-refractivity contribution >= 4 is 11.3 Å². The molecule has 0 fully saturated rings. The van der Waals surface area contributed by atoms with Crippen LogP contribution in [0.15, 0.2) is 23.8 Å². The highest BCUT2D eigenvalue weighted by Gasteiger charge is 2.02. The molecule has 0 radical (unpaired) electrons. The molecule has 2 aromatic heterocycles. The first-order valence-electron chi connectivity index (χ1n) is 6.10. The molecule has 92 valence electrons. The van der Waals surface area contributed by atoms with E-state index < -0.39 is 0 Å². The number of hydrogen-bond donors (Lipinski definition) is 1. The first kappa shape index (κ1) is 12.3. The van der Waals surface area contributed by atoms with E-state index in [1.54, 1.807) is 0 Å². The minimum atomic E-state index is 0.890. The van der Waals surface area contributed by atoms with Gasteiger partial charge >= 0.3 is 0 Å². The van der Waals surface area contributed by atoms with E-state index in [0.29, 0.717) is 0 Å². The summed E-state index contributed by atoms with van der Waals surface area (Å²) in [5, 5.41) is 9.91. The summed E-state index contributed by atoms with van der Waals surface area (Å²) in [5.41, 5.74) is 2.72. The normalized spacial score (nSPS) is 10.9. The lowest BCUT2D eigenvalue weighted by molar-refractivity contribution is 0.656. The van der Waals surface area contributed by atoms with Crippen molar-refractivity contribution < 1.29 is 0 Å². The van der Waals surface area contributed by atoms with Gasteiger partial charge in [0.05, 0.1) is 6.20 Å². The van der Waals surface area contributed by atoms with Crippen LogP contribution in [-0.4, -0.2) is 9.78 Å². The summed E-state index contributed by atoms with van der Waals surface area (Å²) in [5.74, 6) is 0. The Morgan fingerprint density at radius 2 is 2.24 bits per heavy atom. The molecule has 2 heterocycles. The predicted octanol–water partition coefficient (Wildman–Crippen LogP) is 2.82. The zero-order valence-electron chi connectivity index (χ0n) is 10.4. The zero-order chi connectivity index (χ0) is 12.1. The van der Waals surface area contributed by atoms with E-state index in [2.05, 4.69) is 41.9 Å². The first-order valence-corrected chi connectivity index (χ1v) is 6.98. The van der Waals surface area contributed by atoms with Crippen LogP contribution < -0.4 is 5.32 Å². The number of hydrogen-bond acceptors (Lipinski definition) is 3. The van der Waals surface area contributed by atoms with Crippen molar-refractivity contribution in [1.29, 1.82) is 0 Å². The third kappa shape index (κ3) is 3.17. The number of thiophene rings is 1. The molecule has 1 N–H and O–H groups in total. The molecule has 0 bridgehead atoms. The van der Waals surface area contributed by atoms with Crippen molar-refractivity contribution in [3.05, 3.63) is 39.8 Å². The predicted molar refractivity (Wildman–Crippen MR) is 72.1 cm³/mol. The van der Waals surface area contributed by atoms with Crippen LogP contribution in [0.2, 0.25) is 0 Å². The fourth-order valence-corrected chi connectivity index (χ4v) is 2.77. The Kier molecular flexibility index (Phi) is 4.34. The van der Waals surface area contributed by atoms with Gasteiger partial charge in [0.15, 0.2) is 0 Å². The van der Waals surface area contributed by atoms with Crippen molar-refractivity contribution in [1.82, 2.24) is 15.1 Å². The third-order valence-corrected chi connectivity index (χ3v) is 3.81. The molecule has 2 aromatic rings. The molecule has 0 spiro atoms. The van der Waals surface area contributed by atoms with Crippen LogP contribution in [-0.2, 0) is 26.1 Å². The summed E-state index contributed by atoms with van der Waals surface area (Å²) in [6.07, 6.45) is 5.15. The van der Waals surface area contributed by atoms with Gasteiger partial charge in [-0.3, -0.25) is 4.68 Å². The Morgan fingerprint density at radius 1 is 1.35 bits per heavy atom. The SMILES string of the molecule is CCc1ccsc1CNCc1cnn(CC)c1. The molecule has 0 aliphatic heterocycles. The van der Waals surface area contributed by atoms with E-state index >= 15 is 0 Å². The van der Waals surface area contributed by atoms with Crippen molar-refractivity contribution in [3.63, 3.8) is 0 Å². The van der Waals surface area contributed by atoms with Crippen molar-refractivity contribution in [2.45, 2.75) is 39.9 Å². The van der Waals surface area contributed by atoms with Gasteiger partial charge in [-0.1, -0.05) is 6.92 Å². The van der Waals surface area contributed by atoms with Gasteiger partial charge < -0.3 is 5.32 Å². The molecule has 0 saturated heterocycles. The van der Waals surface area contributed by atoms with E-state index in [1.165, 1.54) is 16.0 Å². The third-order valence-electron chi connectivity index (χ3n) is 2.84. The van der Waals surface area contributed by atoms with Crippen molar-refractivity contribution in [3.8, 4) is 0 Å². The van der Waals surface area contributed by atoms with E-state index in [-0.39, 0.29) is 0 Å². The number of rotatable bonds is 6. The second kappa shape index (κ2) is 5.98. The van der Waals surface area contributed by atoms with Crippen LogP contribution in [0.3, 0.4) is 0 Å². The molecule has 0 amide bonds. The molecule has 0 aliphatic carbocycles. The summed E-state index contributed by atoms with van der Waals surface area (Å²) >= 11 is 1.84. The molecule has 0 atom stereocenters. The molecule has 3 nitrogen and oxygen atoms in total. The van der Waals surface area contributed by atoms with Crippen LogP contribution in [0, 0.1) is 0 Å². The molecule has 0 aromatic carbocycles. The van der Waals surface area contributed by atoms with Gasteiger partial charge in [0.2, 0.25) is 0 Å². The molecule has 0 aliphatic rings. The summed E-state index contributed by atoms with van der Waals surface area (Å²) in [7, 11) is 0. The Bertz CT molecular complexity index is 459. The molecule has 2 rings (SSSR count). The fourth-order valence-electron chi connectivity index (χ4n) is 1.83. The summed E-state index contributed by atoms with van der Waals surface area (Å²) in [6.45, 7) is 7.09. The first-order chi connectivity index (χ1) is 8.33. The van der Waals surface area contributed by atoms with Gasteiger partial charge in [0, 0.05) is 36.3 Å². The van der Waals surface area contributed by atoms with Crippen LogP contribution in [0.5, 0.6) is 0 Å². The summed E-state index contributed by atoms with van der Waals surface area (Å²) in [4.78, 5) is 1.45. The van der Waals surface area contributed by atoms with Gasteiger partial charge in [0.1, 0.15) is 0 Å². The Hall–Kier alpha value is -1.13. The Morgan fingerprint density at radius 3 is 2.94 bits per heavy atom. The summed E-state index contributed by atoms with van der Waals surface area (Å²) < 4.78 is 1.96. The second-order valence-corrected chi connectivity index (χ2v) is 5.03. The molecule has 17 heavy (non-hydrogen) atoms. The van der Waals surface area contributed by atoms with Crippen LogP contribution in [0.25, 0.3) is 0 Å². The lowest BCUT2D eigenvalue weighted by Gasteiger charge is -2.03. The van der Waals surface area contributed by atoms with Gasteiger partial charge in [-0.15, -0.1) is 11.3 Å². The fraction of sp³-hybridized carbons (Fsp3) is 0.462.